The number of rotatable bonds is 3. The van der Waals surface area contributed by atoms with Crippen LogP contribution in [-0.2, 0) is 9.59 Å². The van der Waals surface area contributed by atoms with Crippen molar-refractivity contribution in [2.75, 3.05) is 0 Å². The van der Waals surface area contributed by atoms with E-state index in [1.165, 1.54) is 0 Å². The van der Waals surface area contributed by atoms with Gasteiger partial charge >= 0.3 is 6.03 Å². The molecule has 0 aliphatic carbocycles. The summed E-state index contributed by atoms with van der Waals surface area (Å²) in [6.45, 7) is 9.85. The molecule has 4 amide bonds. The second-order valence-electron chi connectivity index (χ2n) is 6.65. The molecule has 0 bridgehead atoms. The summed E-state index contributed by atoms with van der Waals surface area (Å²) in [6.07, 6.45) is 0.859. The van der Waals surface area contributed by atoms with E-state index in [2.05, 4.69) is 10.6 Å². The Bertz CT molecular complexity index is 360. The highest BCUT2D eigenvalue weighted by molar-refractivity contribution is 6.19. The zero-order chi connectivity index (χ0) is 14.1. The highest BCUT2D eigenvalue weighted by atomic mass is 16.2. The fourth-order valence-electron chi connectivity index (χ4n) is 2.60. The molecular weight excluding hydrogens is 232 g/mol. The first kappa shape index (κ1) is 14.7. The van der Waals surface area contributed by atoms with Crippen molar-refractivity contribution in [2.24, 2.45) is 16.7 Å². The highest BCUT2D eigenvalue weighted by Crippen LogP contribution is 2.40. The SMILES string of the molecule is CC(C)CC1(CC(C)(C)C)C(=O)NC(=O)NC1=O. The Morgan fingerprint density at radius 3 is 1.83 bits per heavy atom. The molecule has 1 rings (SSSR count). The van der Waals surface area contributed by atoms with Crippen molar-refractivity contribution in [3.05, 3.63) is 0 Å². The van der Waals surface area contributed by atoms with E-state index in [-0.39, 0.29) is 11.3 Å². The predicted octanol–water partition coefficient (Wildman–Crippen LogP) is 1.82. The van der Waals surface area contributed by atoms with Crippen molar-refractivity contribution in [3.8, 4) is 0 Å². The third-order valence-corrected chi connectivity index (χ3v) is 2.91. The Kier molecular flexibility index (Phi) is 3.84. The van der Waals surface area contributed by atoms with Crippen LogP contribution in [0.4, 0.5) is 4.79 Å². The number of barbiturate groups is 1. The van der Waals surface area contributed by atoms with E-state index in [1.54, 1.807) is 0 Å². The molecule has 0 saturated carbocycles. The van der Waals surface area contributed by atoms with Crippen LogP contribution < -0.4 is 10.6 Å². The quantitative estimate of drug-likeness (QED) is 0.754. The van der Waals surface area contributed by atoms with E-state index in [4.69, 9.17) is 0 Å². The molecule has 102 valence electrons. The topological polar surface area (TPSA) is 75.3 Å². The van der Waals surface area contributed by atoms with Gasteiger partial charge in [0, 0.05) is 0 Å². The number of nitrogens with one attached hydrogen (secondary N) is 2. The van der Waals surface area contributed by atoms with Crippen molar-refractivity contribution in [1.82, 2.24) is 10.6 Å². The van der Waals surface area contributed by atoms with E-state index in [1.807, 2.05) is 34.6 Å². The Balaban J connectivity index is 3.13. The van der Waals surface area contributed by atoms with Crippen molar-refractivity contribution in [1.29, 1.82) is 0 Å². The van der Waals surface area contributed by atoms with Gasteiger partial charge in [0.15, 0.2) is 0 Å². The maximum Gasteiger partial charge on any atom is 0.328 e. The maximum atomic E-state index is 12.2. The van der Waals surface area contributed by atoms with Crippen LogP contribution in [0.15, 0.2) is 0 Å². The molecule has 1 aliphatic heterocycles. The van der Waals surface area contributed by atoms with Gasteiger partial charge in [-0.1, -0.05) is 34.6 Å². The molecule has 1 aliphatic rings. The lowest BCUT2D eigenvalue weighted by Crippen LogP contribution is -2.63. The van der Waals surface area contributed by atoms with Crippen molar-refractivity contribution >= 4 is 17.8 Å². The summed E-state index contributed by atoms with van der Waals surface area (Å²) in [5.74, 6) is -0.753. The molecule has 0 aromatic rings. The van der Waals surface area contributed by atoms with Crippen LogP contribution in [0.5, 0.6) is 0 Å². The minimum absolute atomic E-state index is 0.177. The first-order chi connectivity index (χ1) is 8.07. The van der Waals surface area contributed by atoms with Crippen molar-refractivity contribution in [2.45, 2.75) is 47.5 Å². The first-order valence-corrected chi connectivity index (χ1v) is 6.24. The lowest BCUT2D eigenvalue weighted by molar-refractivity contribution is -0.148. The Hall–Kier alpha value is -1.39. The largest absolute Gasteiger partial charge is 0.328 e. The number of amides is 4. The zero-order valence-electron chi connectivity index (χ0n) is 11.7. The summed E-state index contributed by atoms with van der Waals surface area (Å²) in [6, 6.07) is -0.724. The smallest absolute Gasteiger partial charge is 0.277 e. The van der Waals surface area contributed by atoms with Crippen LogP contribution in [0.2, 0.25) is 0 Å². The van der Waals surface area contributed by atoms with Crippen LogP contribution in [0.3, 0.4) is 0 Å². The van der Waals surface area contributed by atoms with Gasteiger partial charge in [-0.05, 0) is 24.2 Å². The molecule has 0 spiro atoms. The lowest BCUT2D eigenvalue weighted by Gasteiger charge is -2.39. The third-order valence-electron chi connectivity index (χ3n) is 2.91. The summed E-state index contributed by atoms with van der Waals surface area (Å²) in [4.78, 5) is 35.5. The standard InChI is InChI=1S/C13H22N2O3/c1-8(2)6-13(7-12(3,4)5)9(16)14-11(18)15-10(13)17/h8H,6-7H2,1-5H3,(H2,14,15,16,17,18). The average molecular weight is 254 g/mol. The van der Waals surface area contributed by atoms with Gasteiger partial charge < -0.3 is 0 Å². The number of carbonyl (C=O) groups is 3. The van der Waals surface area contributed by atoms with Gasteiger partial charge in [0.05, 0.1) is 0 Å². The average Bonchev–Trinajstić information content (AvgIpc) is 2.10. The Morgan fingerprint density at radius 2 is 1.50 bits per heavy atom. The van der Waals surface area contributed by atoms with Gasteiger partial charge in [-0.25, -0.2) is 4.79 Å². The molecule has 18 heavy (non-hydrogen) atoms. The van der Waals surface area contributed by atoms with Gasteiger partial charge in [0.25, 0.3) is 0 Å². The van der Waals surface area contributed by atoms with Gasteiger partial charge in [-0.15, -0.1) is 0 Å². The minimum Gasteiger partial charge on any atom is -0.277 e. The fraction of sp³-hybridized carbons (Fsp3) is 0.769. The van der Waals surface area contributed by atoms with Crippen LogP contribution in [0, 0.1) is 16.7 Å². The van der Waals surface area contributed by atoms with Crippen LogP contribution in [0.25, 0.3) is 0 Å². The second kappa shape index (κ2) is 4.71. The molecule has 1 saturated heterocycles. The minimum atomic E-state index is -1.14. The summed E-state index contributed by atoms with van der Waals surface area (Å²) in [7, 11) is 0. The summed E-state index contributed by atoms with van der Waals surface area (Å²) in [5.41, 5.74) is -1.32. The number of hydrogen-bond acceptors (Lipinski definition) is 3. The van der Waals surface area contributed by atoms with E-state index in [9.17, 15) is 14.4 Å². The van der Waals surface area contributed by atoms with E-state index < -0.39 is 23.3 Å². The molecule has 0 aromatic heterocycles. The van der Waals surface area contributed by atoms with E-state index in [0.717, 1.165) is 0 Å². The Labute approximate surface area is 108 Å². The van der Waals surface area contributed by atoms with Gasteiger partial charge in [-0.2, -0.15) is 0 Å². The number of urea groups is 1. The monoisotopic (exact) mass is 254 g/mol. The molecule has 0 unspecified atom stereocenters. The number of imide groups is 2. The maximum absolute atomic E-state index is 12.2. The Morgan fingerprint density at radius 1 is 1.06 bits per heavy atom. The highest BCUT2D eigenvalue weighted by Gasteiger charge is 2.51. The normalized spacial score (nSPS) is 19.8. The van der Waals surface area contributed by atoms with E-state index in [0.29, 0.717) is 12.8 Å². The molecule has 5 heteroatoms. The van der Waals surface area contributed by atoms with Crippen molar-refractivity contribution in [3.63, 3.8) is 0 Å². The van der Waals surface area contributed by atoms with Gasteiger partial charge in [0.2, 0.25) is 11.8 Å². The summed E-state index contributed by atoms with van der Waals surface area (Å²) in [5, 5.41) is 4.44. The molecule has 1 fully saturated rings. The van der Waals surface area contributed by atoms with Crippen LogP contribution in [0.1, 0.15) is 47.5 Å². The summed E-state index contributed by atoms with van der Waals surface area (Å²) >= 11 is 0. The number of carbonyl (C=O) groups excluding carboxylic acids is 3. The second-order valence-corrected chi connectivity index (χ2v) is 6.65. The summed E-state index contributed by atoms with van der Waals surface area (Å²) < 4.78 is 0. The lowest BCUT2D eigenvalue weighted by atomic mass is 9.68. The zero-order valence-corrected chi connectivity index (χ0v) is 11.7. The first-order valence-electron chi connectivity index (χ1n) is 6.24. The molecule has 2 N–H and O–H groups in total. The van der Waals surface area contributed by atoms with Gasteiger partial charge in [-0.3, -0.25) is 20.2 Å². The fourth-order valence-corrected chi connectivity index (χ4v) is 2.60. The molecular formula is C13H22N2O3. The predicted molar refractivity (Wildman–Crippen MR) is 67.6 cm³/mol. The number of hydrogen-bond donors (Lipinski definition) is 2. The van der Waals surface area contributed by atoms with E-state index >= 15 is 0 Å². The third kappa shape index (κ3) is 3.09. The molecule has 1 heterocycles. The van der Waals surface area contributed by atoms with Gasteiger partial charge in [0.1, 0.15) is 5.41 Å². The molecule has 0 aromatic carbocycles. The van der Waals surface area contributed by atoms with Crippen LogP contribution >= 0.6 is 0 Å². The van der Waals surface area contributed by atoms with Crippen molar-refractivity contribution < 1.29 is 14.4 Å². The molecule has 5 nitrogen and oxygen atoms in total. The molecule has 0 radical (unpaired) electrons. The van der Waals surface area contributed by atoms with Crippen LogP contribution in [-0.4, -0.2) is 17.8 Å². The molecule has 0 atom stereocenters.